The van der Waals surface area contributed by atoms with E-state index in [4.69, 9.17) is 11.6 Å². The second-order valence-electron chi connectivity index (χ2n) is 4.64. The van der Waals surface area contributed by atoms with Crippen LogP contribution in [0.1, 0.15) is 5.56 Å². The lowest BCUT2D eigenvalue weighted by Gasteiger charge is -2.25. The van der Waals surface area contributed by atoms with E-state index in [-0.39, 0.29) is 17.1 Å². The Morgan fingerprint density at radius 3 is 3.05 bits per heavy atom. The predicted molar refractivity (Wildman–Crippen MR) is 77.8 cm³/mol. The van der Waals surface area contributed by atoms with Gasteiger partial charge in [-0.05, 0) is 35.7 Å². The Morgan fingerprint density at radius 1 is 1.35 bits per heavy atom. The first-order valence-corrected chi connectivity index (χ1v) is 6.71. The highest BCUT2D eigenvalue weighted by Gasteiger charge is 2.24. The van der Waals surface area contributed by atoms with Crippen LogP contribution in [0.5, 0.6) is 0 Å². The maximum atomic E-state index is 12.2. The number of aromatic nitrogens is 2. The van der Waals surface area contributed by atoms with Crippen molar-refractivity contribution < 1.29 is 4.79 Å². The monoisotopic (exact) mass is 288 g/mol. The van der Waals surface area contributed by atoms with Gasteiger partial charge in [-0.25, -0.2) is 9.97 Å². The molecule has 0 aliphatic carbocycles. The van der Waals surface area contributed by atoms with E-state index in [9.17, 15) is 4.79 Å². The van der Waals surface area contributed by atoms with Crippen LogP contribution in [-0.4, -0.2) is 22.4 Å². The van der Waals surface area contributed by atoms with E-state index in [2.05, 4.69) is 20.6 Å². The molecule has 6 heteroatoms. The first-order valence-electron chi connectivity index (χ1n) is 6.33. The molecule has 2 heterocycles. The van der Waals surface area contributed by atoms with E-state index < -0.39 is 0 Å². The van der Waals surface area contributed by atoms with Gasteiger partial charge in [-0.1, -0.05) is 18.2 Å². The van der Waals surface area contributed by atoms with Gasteiger partial charge < -0.3 is 10.6 Å². The standard InChI is InChI=1S/C14H13ClN4O/c15-14-16-6-5-12(19-14)18-13(20)10-7-9-3-1-2-4-11(9)17-8-10/h1-6,10,17H,7-8H2,(H,16,18,19,20). The summed E-state index contributed by atoms with van der Waals surface area (Å²) in [5.74, 6) is 0.231. The highest BCUT2D eigenvalue weighted by molar-refractivity contribution is 6.28. The molecule has 3 rings (SSSR count). The SMILES string of the molecule is O=C(Nc1ccnc(Cl)n1)C1CNc2ccccc2C1. The molecule has 0 fully saturated rings. The fraction of sp³-hybridized carbons (Fsp3) is 0.214. The van der Waals surface area contributed by atoms with Crippen LogP contribution in [0.15, 0.2) is 36.5 Å². The second kappa shape index (κ2) is 5.46. The molecule has 1 unspecified atom stereocenters. The number of anilines is 2. The molecule has 1 aliphatic heterocycles. The van der Waals surface area contributed by atoms with E-state index in [1.54, 1.807) is 6.07 Å². The first-order chi connectivity index (χ1) is 9.72. The Labute approximate surface area is 121 Å². The number of nitrogens with zero attached hydrogens (tertiary/aromatic N) is 2. The summed E-state index contributed by atoms with van der Waals surface area (Å²) < 4.78 is 0. The van der Waals surface area contributed by atoms with Crippen molar-refractivity contribution in [3.8, 4) is 0 Å². The summed E-state index contributed by atoms with van der Waals surface area (Å²) in [6, 6.07) is 9.63. The minimum Gasteiger partial charge on any atom is -0.384 e. The highest BCUT2D eigenvalue weighted by Crippen LogP contribution is 2.24. The molecule has 20 heavy (non-hydrogen) atoms. The normalized spacial score (nSPS) is 16.9. The summed E-state index contributed by atoms with van der Waals surface area (Å²) in [6.07, 6.45) is 2.23. The zero-order chi connectivity index (χ0) is 13.9. The summed E-state index contributed by atoms with van der Waals surface area (Å²) in [6.45, 7) is 0.613. The van der Waals surface area contributed by atoms with Gasteiger partial charge in [0.25, 0.3) is 0 Å². The number of nitrogens with one attached hydrogen (secondary N) is 2. The Morgan fingerprint density at radius 2 is 2.20 bits per heavy atom. The molecule has 0 radical (unpaired) electrons. The smallest absolute Gasteiger partial charge is 0.230 e. The number of fused-ring (bicyclic) bond motifs is 1. The summed E-state index contributed by atoms with van der Waals surface area (Å²) in [4.78, 5) is 20.0. The third-order valence-electron chi connectivity index (χ3n) is 3.27. The molecule has 0 spiro atoms. The van der Waals surface area contributed by atoms with Crippen molar-refractivity contribution in [3.05, 3.63) is 47.4 Å². The molecule has 1 aliphatic rings. The minimum atomic E-state index is -0.126. The number of hydrogen-bond acceptors (Lipinski definition) is 4. The zero-order valence-electron chi connectivity index (χ0n) is 10.6. The number of para-hydroxylation sites is 1. The quantitative estimate of drug-likeness (QED) is 0.833. The average Bonchev–Trinajstić information content (AvgIpc) is 2.47. The highest BCUT2D eigenvalue weighted by atomic mass is 35.5. The van der Waals surface area contributed by atoms with E-state index >= 15 is 0 Å². The molecular formula is C14H13ClN4O. The number of benzene rings is 1. The summed E-state index contributed by atoms with van der Waals surface area (Å²) in [5.41, 5.74) is 2.25. The minimum absolute atomic E-state index is 0.0678. The second-order valence-corrected chi connectivity index (χ2v) is 4.98. The predicted octanol–water partition coefficient (Wildman–Crippen LogP) is 2.35. The Bertz CT molecular complexity index is 647. The summed E-state index contributed by atoms with van der Waals surface area (Å²) in [5, 5.41) is 6.16. The van der Waals surface area contributed by atoms with Crippen molar-refractivity contribution in [1.29, 1.82) is 0 Å². The molecule has 2 N–H and O–H groups in total. The molecule has 102 valence electrons. The zero-order valence-corrected chi connectivity index (χ0v) is 11.4. The third-order valence-corrected chi connectivity index (χ3v) is 3.45. The lowest BCUT2D eigenvalue weighted by Crippen LogP contribution is -2.34. The Kier molecular flexibility index (Phi) is 3.52. The van der Waals surface area contributed by atoms with Gasteiger partial charge in [-0.15, -0.1) is 0 Å². The molecule has 5 nitrogen and oxygen atoms in total. The van der Waals surface area contributed by atoms with Crippen molar-refractivity contribution in [3.63, 3.8) is 0 Å². The molecule has 1 atom stereocenters. The van der Waals surface area contributed by atoms with Crippen LogP contribution < -0.4 is 10.6 Å². The lowest BCUT2D eigenvalue weighted by molar-refractivity contribution is -0.119. The molecule has 0 saturated carbocycles. The van der Waals surface area contributed by atoms with E-state index in [0.29, 0.717) is 18.8 Å². The number of hydrogen-bond donors (Lipinski definition) is 2. The number of rotatable bonds is 2. The van der Waals surface area contributed by atoms with Crippen LogP contribution in [0.25, 0.3) is 0 Å². The van der Waals surface area contributed by atoms with Crippen LogP contribution >= 0.6 is 11.6 Å². The van der Waals surface area contributed by atoms with Crippen LogP contribution in [-0.2, 0) is 11.2 Å². The van der Waals surface area contributed by atoms with Crippen molar-refractivity contribution in [2.24, 2.45) is 5.92 Å². The van der Waals surface area contributed by atoms with Crippen molar-refractivity contribution in [1.82, 2.24) is 9.97 Å². The number of halogens is 1. The summed E-state index contributed by atoms with van der Waals surface area (Å²) in [7, 11) is 0. The topological polar surface area (TPSA) is 66.9 Å². The van der Waals surface area contributed by atoms with Crippen molar-refractivity contribution in [2.45, 2.75) is 6.42 Å². The Hall–Kier alpha value is -2.14. The third kappa shape index (κ3) is 2.72. The molecule has 2 aromatic rings. The van der Waals surface area contributed by atoms with E-state index in [1.165, 1.54) is 6.20 Å². The molecule has 1 aromatic heterocycles. The van der Waals surface area contributed by atoms with Gasteiger partial charge in [0.2, 0.25) is 11.2 Å². The van der Waals surface area contributed by atoms with Crippen LogP contribution in [0, 0.1) is 5.92 Å². The fourth-order valence-electron chi connectivity index (χ4n) is 2.26. The first kappa shape index (κ1) is 12.9. The van der Waals surface area contributed by atoms with Gasteiger partial charge in [0.15, 0.2) is 0 Å². The van der Waals surface area contributed by atoms with Crippen LogP contribution in [0.2, 0.25) is 5.28 Å². The van der Waals surface area contributed by atoms with Gasteiger partial charge in [0, 0.05) is 18.4 Å². The Balaban J connectivity index is 1.70. The maximum Gasteiger partial charge on any atom is 0.230 e. The van der Waals surface area contributed by atoms with Crippen molar-refractivity contribution in [2.75, 3.05) is 17.2 Å². The van der Waals surface area contributed by atoms with E-state index in [0.717, 1.165) is 11.3 Å². The fourth-order valence-corrected chi connectivity index (χ4v) is 2.41. The van der Waals surface area contributed by atoms with E-state index in [1.807, 2.05) is 24.3 Å². The molecule has 0 saturated heterocycles. The van der Waals surface area contributed by atoms with Gasteiger partial charge >= 0.3 is 0 Å². The number of carbonyl (C=O) groups excluding carboxylic acids is 1. The molecule has 1 amide bonds. The average molecular weight is 289 g/mol. The van der Waals surface area contributed by atoms with Gasteiger partial charge in [-0.3, -0.25) is 4.79 Å². The van der Waals surface area contributed by atoms with Gasteiger partial charge in [0.1, 0.15) is 5.82 Å². The summed E-state index contributed by atoms with van der Waals surface area (Å²) >= 11 is 5.70. The maximum absolute atomic E-state index is 12.2. The molecule has 1 aromatic carbocycles. The van der Waals surface area contributed by atoms with Crippen LogP contribution in [0.3, 0.4) is 0 Å². The molecular weight excluding hydrogens is 276 g/mol. The number of amides is 1. The number of carbonyl (C=O) groups is 1. The lowest BCUT2D eigenvalue weighted by atomic mass is 9.93. The van der Waals surface area contributed by atoms with Crippen molar-refractivity contribution >= 4 is 29.0 Å². The van der Waals surface area contributed by atoms with Gasteiger partial charge in [0.05, 0.1) is 5.92 Å². The largest absolute Gasteiger partial charge is 0.384 e. The van der Waals surface area contributed by atoms with Gasteiger partial charge in [-0.2, -0.15) is 0 Å². The molecule has 0 bridgehead atoms. The van der Waals surface area contributed by atoms with Crippen LogP contribution in [0.4, 0.5) is 11.5 Å².